The predicted octanol–water partition coefficient (Wildman–Crippen LogP) is 2.30. The standard InChI is InChI=1S/C21H25N3O6/c1-12-17(20(25)29-3)19(14-5-4-6-15(11-14)24(27)28)18(13(2)23-12)21(26)30-16-7-9-22-10-8-16/h4-6,11,16,19,22-23H,7-10H2,1-3H3. The van der Waals surface area contributed by atoms with Crippen LogP contribution in [0.25, 0.3) is 0 Å². The van der Waals surface area contributed by atoms with Crippen LogP contribution in [-0.4, -0.2) is 43.2 Å². The zero-order chi connectivity index (χ0) is 21.8. The maximum absolute atomic E-state index is 13.2. The Morgan fingerprint density at radius 2 is 1.73 bits per heavy atom. The highest BCUT2D eigenvalue weighted by molar-refractivity contribution is 6.00. The highest BCUT2D eigenvalue weighted by atomic mass is 16.6. The first-order chi connectivity index (χ1) is 14.3. The van der Waals surface area contributed by atoms with Crippen molar-refractivity contribution in [1.29, 1.82) is 0 Å². The molecule has 1 saturated heterocycles. The molecular formula is C21H25N3O6. The van der Waals surface area contributed by atoms with Gasteiger partial charge < -0.3 is 20.1 Å². The van der Waals surface area contributed by atoms with Crippen molar-refractivity contribution in [3.8, 4) is 0 Å². The van der Waals surface area contributed by atoms with Gasteiger partial charge in [-0.3, -0.25) is 10.1 Å². The summed E-state index contributed by atoms with van der Waals surface area (Å²) in [6.07, 6.45) is 1.18. The minimum atomic E-state index is -0.840. The van der Waals surface area contributed by atoms with Crippen molar-refractivity contribution in [1.82, 2.24) is 10.6 Å². The molecule has 0 aromatic heterocycles. The van der Waals surface area contributed by atoms with Crippen molar-refractivity contribution in [3.63, 3.8) is 0 Å². The van der Waals surface area contributed by atoms with Gasteiger partial charge in [0.2, 0.25) is 0 Å². The second kappa shape index (κ2) is 9.08. The molecule has 0 amide bonds. The van der Waals surface area contributed by atoms with Crippen molar-refractivity contribution in [3.05, 3.63) is 62.5 Å². The van der Waals surface area contributed by atoms with Gasteiger partial charge in [0.15, 0.2) is 0 Å². The Morgan fingerprint density at radius 3 is 2.33 bits per heavy atom. The van der Waals surface area contributed by atoms with E-state index in [1.807, 2.05) is 0 Å². The van der Waals surface area contributed by atoms with E-state index in [1.54, 1.807) is 19.9 Å². The molecule has 2 heterocycles. The fourth-order valence-electron chi connectivity index (χ4n) is 3.92. The Kier molecular flexibility index (Phi) is 6.51. The van der Waals surface area contributed by atoms with Gasteiger partial charge in [-0.1, -0.05) is 12.1 Å². The molecule has 0 spiro atoms. The molecule has 2 aliphatic heterocycles. The molecule has 1 unspecified atom stereocenters. The Morgan fingerprint density at radius 1 is 1.10 bits per heavy atom. The number of piperidine rings is 1. The second-order valence-corrected chi connectivity index (χ2v) is 7.33. The van der Waals surface area contributed by atoms with Crippen molar-refractivity contribution in [2.75, 3.05) is 20.2 Å². The van der Waals surface area contributed by atoms with Crippen molar-refractivity contribution < 1.29 is 24.0 Å². The summed E-state index contributed by atoms with van der Waals surface area (Å²) in [6.45, 7) is 4.94. The number of nitrogens with zero attached hydrogens (tertiary/aromatic N) is 1. The molecule has 0 radical (unpaired) electrons. The molecular weight excluding hydrogens is 390 g/mol. The van der Waals surface area contributed by atoms with Gasteiger partial charge in [-0.2, -0.15) is 0 Å². The molecule has 1 aromatic rings. The average molecular weight is 415 g/mol. The third-order valence-electron chi connectivity index (χ3n) is 5.36. The topological polar surface area (TPSA) is 120 Å². The van der Waals surface area contributed by atoms with Crippen LogP contribution < -0.4 is 10.6 Å². The van der Waals surface area contributed by atoms with E-state index in [4.69, 9.17) is 9.47 Å². The van der Waals surface area contributed by atoms with Crippen molar-refractivity contribution >= 4 is 17.6 Å². The highest BCUT2D eigenvalue weighted by Crippen LogP contribution is 2.40. The molecule has 2 N–H and O–H groups in total. The summed E-state index contributed by atoms with van der Waals surface area (Å²) in [5.74, 6) is -2.00. The van der Waals surface area contributed by atoms with Crippen LogP contribution >= 0.6 is 0 Å². The monoisotopic (exact) mass is 415 g/mol. The van der Waals surface area contributed by atoms with E-state index in [0.717, 1.165) is 13.1 Å². The van der Waals surface area contributed by atoms with Crippen molar-refractivity contribution in [2.24, 2.45) is 0 Å². The Bertz CT molecular complexity index is 930. The summed E-state index contributed by atoms with van der Waals surface area (Å²) in [7, 11) is 1.26. The number of methoxy groups -OCH3 is 1. The number of carbonyl (C=O) groups excluding carboxylic acids is 2. The van der Waals surface area contributed by atoms with E-state index in [1.165, 1.54) is 25.3 Å². The first-order valence-corrected chi connectivity index (χ1v) is 9.76. The quantitative estimate of drug-likeness (QED) is 0.427. The lowest BCUT2D eigenvalue weighted by Gasteiger charge is -2.31. The van der Waals surface area contributed by atoms with Crippen LogP contribution in [0.1, 0.15) is 38.2 Å². The molecule has 30 heavy (non-hydrogen) atoms. The van der Waals surface area contributed by atoms with E-state index in [2.05, 4.69) is 10.6 Å². The molecule has 9 nitrogen and oxygen atoms in total. The van der Waals surface area contributed by atoms with Gasteiger partial charge in [0.05, 0.1) is 29.1 Å². The number of benzene rings is 1. The Labute approximate surface area is 174 Å². The van der Waals surface area contributed by atoms with Gasteiger partial charge in [0, 0.05) is 23.5 Å². The molecule has 1 aromatic carbocycles. The molecule has 9 heteroatoms. The number of rotatable bonds is 5. The number of ether oxygens (including phenoxy) is 2. The first kappa shape index (κ1) is 21.5. The normalized spacial score (nSPS) is 19.9. The fraction of sp³-hybridized carbons (Fsp3) is 0.429. The number of carbonyl (C=O) groups is 2. The Balaban J connectivity index is 2.07. The van der Waals surface area contributed by atoms with Gasteiger partial charge in [0.25, 0.3) is 5.69 Å². The van der Waals surface area contributed by atoms with E-state index in [-0.39, 0.29) is 22.9 Å². The lowest BCUT2D eigenvalue weighted by Crippen LogP contribution is -2.37. The largest absolute Gasteiger partial charge is 0.466 e. The number of nitrogens with one attached hydrogen (secondary N) is 2. The van der Waals surface area contributed by atoms with E-state index < -0.39 is 22.8 Å². The number of esters is 2. The van der Waals surface area contributed by atoms with Crippen molar-refractivity contribution in [2.45, 2.75) is 38.7 Å². The summed E-state index contributed by atoms with van der Waals surface area (Å²) >= 11 is 0. The van der Waals surface area contributed by atoms with Crippen LogP contribution in [0.5, 0.6) is 0 Å². The number of nitro groups is 1. The number of nitro benzene ring substituents is 1. The molecule has 1 fully saturated rings. The van der Waals surface area contributed by atoms with E-state index >= 15 is 0 Å². The molecule has 3 rings (SSSR count). The van der Waals surface area contributed by atoms with Crippen LogP contribution in [0.4, 0.5) is 5.69 Å². The van der Waals surface area contributed by atoms with Crippen LogP contribution in [0.15, 0.2) is 46.8 Å². The minimum absolute atomic E-state index is 0.128. The van der Waals surface area contributed by atoms with Crippen LogP contribution in [-0.2, 0) is 19.1 Å². The van der Waals surface area contributed by atoms with E-state index in [9.17, 15) is 19.7 Å². The second-order valence-electron chi connectivity index (χ2n) is 7.33. The fourth-order valence-corrected chi connectivity index (χ4v) is 3.92. The number of allylic oxidation sites excluding steroid dienone is 2. The van der Waals surface area contributed by atoms with E-state index in [0.29, 0.717) is 29.8 Å². The van der Waals surface area contributed by atoms with Gasteiger partial charge >= 0.3 is 11.9 Å². The molecule has 0 saturated carbocycles. The minimum Gasteiger partial charge on any atom is -0.466 e. The zero-order valence-electron chi connectivity index (χ0n) is 17.2. The zero-order valence-corrected chi connectivity index (χ0v) is 17.2. The van der Waals surface area contributed by atoms with Crippen LogP contribution in [0.3, 0.4) is 0 Å². The molecule has 1 atom stereocenters. The third kappa shape index (κ3) is 4.35. The third-order valence-corrected chi connectivity index (χ3v) is 5.36. The smallest absolute Gasteiger partial charge is 0.337 e. The summed E-state index contributed by atoms with van der Waals surface area (Å²) in [5.41, 5.74) is 1.85. The molecule has 0 aliphatic carbocycles. The molecule has 0 bridgehead atoms. The summed E-state index contributed by atoms with van der Waals surface area (Å²) in [5, 5.41) is 17.6. The number of hydrogen-bond acceptors (Lipinski definition) is 8. The van der Waals surface area contributed by atoms with Crippen LogP contribution in [0.2, 0.25) is 0 Å². The number of non-ortho nitro benzene ring substituents is 1. The number of hydrogen-bond donors (Lipinski definition) is 2. The van der Waals surface area contributed by atoms with Gasteiger partial charge in [-0.05, 0) is 45.3 Å². The maximum atomic E-state index is 13.2. The average Bonchev–Trinajstić information content (AvgIpc) is 2.73. The predicted molar refractivity (Wildman–Crippen MR) is 108 cm³/mol. The van der Waals surface area contributed by atoms with Gasteiger partial charge in [-0.25, -0.2) is 9.59 Å². The summed E-state index contributed by atoms with van der Waals surface area (Å²) < 4.78 is 10.7. The first-order valence-electron chi connectivity index (χ1n) is 9.76. The molecule has 160 valence electrons. The summed E-state index contributed by atoms with van der Waals surface area (Å²) in [4.78, 5) is 36.6. The SMILES string of the molecule is COC(=O)C1=C(C)NC(C)=C(C(=O)OC2CCNCC2)C1c1cccc([N+](=O)[O-])c1. The van der Waals surface area contributed by atoms with Crippen LogP contribution in [0, 0.1) is 10.1 Å². The lowest BCUT2D eigenvalue weighted by atomic mass is 9.80. The highest BCUT2D eigenvalue weighted by Gasteiger charge is 2.39. The number of dihydropyridines is 1. The molecule has 2 aliphatic rings. The lowest BCUT2D eigenvalue weighted by molar-refractivity contribution is -0.384. The van der Waals surface area contributed by atoms with Gasteiger partial charge in [-0.15, -0.1) is 0 Å². The Hall–Kier alpha value is -3.20. The van der Waals surface area contributed by atoms with Gasteiger partial charge in [0.1, 0.15) is 6.10 Å². The summed E-state index contributed by atoms with van der Waals surface area (Å²) in [6, 6.07) is 5.93. The maximum Gasteiger partial charge on any atom is 0.337 e.